The van der Waals surface area contributed by atoms with Gasteiger partial charge in [0.05, 0.1) is 5.56 Å². The number of hydrogen-bond donors (Lipinski definition) is 2. The van der Waals surface area contributed by atoms with Gasteiger partial charge in [-0.2, -0.15) is 13.2 Å². The third kappa shape index (κ3) is 8.01. The smallest absolute Gasteiger partial charge is 0.416 e. The first-order chi connectivity index (χ1) is 21.3. The first kappa shape index (κ1) is 32.0. The van der Waals surface area contributed by atoms with Crippen molar-refractivity contribution >= 4 is 22.6 Å². The lowest BCUT2D eigenvalue weighted by molar-refractivity contribution is -0.139. The number of rotatable bonds is 9. The number of carboxylic acid groups (broad SMARTS) is 1. The van der Waals surface area contributed by atoms with E-state index in [1.54, 1.807) is 6.07 Å². The van der Waals surface area contributed by atoms with E-state index >= 15 is 0 Å². The molecule has 2 N–H and O–H groups in total. The summed E-state index contributed by atoms with van der Waals surface area (Å²) in [6.45, 7) is 6.46. The second-order valence-corrected chi connectivity index (χ2v) is 12.8. The number of hydrogen-bond acceptors (Lipinski definition) is 4. The minimum absolute atomic E-state index is 0.0268. The quantitative estimate of drug-likeness (QED) is 0.196. The maximum Gasteiger partial charge on any atom is 0.416 e. The second kappa shape index (κ2) is 12.9. The van der Waals surface area contributed by atoms with Crippen LogP contribution in [0.5, 0.6) is 11.5 Å². The van der Waals surface area contributed by atoms with Crippen LogP contribution in [0.3, 0.4) is 0 Å². The maximum absolute atomic E-state index is 13.4. The van der Waals surface area contributed by atoms with Crippen LogP contribution in [-0.2, 0) is 29.2 Å². The van der Waals surface area contributed by atoms with Crippen molar-refractivity contribution in [1.82, 2.24) is 10.3 Å². The van der Waals surface area contributed by atoms with E-state index in [2.05, 4.69) is 38.2 Å². The fraction of sp³-hybridized carbons (Fsp3) is 0.361. The molecule has 6 nitrogen and oxygen atoms in total. The van der Waals surface area contributed by atoms with Crippen molar-refractivity contribution in [1.29, 1.82) is 0 Å². The zero-order valence-electron chi connectivity index (χ0n) is 25.6. The Labute approximate surface area is 260 Å². The molecular formula is C36H37F3N2O4. The lowest BCUT2D eigenvalue weighted by atomic mass is 9.87. The summed E-state index contributed by atoms with van der Waals surface area (Å²) >= 11 is 0. The Morgan fingerprint density at radius 3 is 2.13 bits per heavy atom. The molecule has 0 radical (unpaired) electrons. The lowest BCUT2D eigenvalue weighted by Crippen LogP contribution is -2.42. The van der Waals surface area contributed by atoms with Gasteiger partial charge in [0.1, 0.15) is 23.2 Å². The zero-order valence-corrected chi connectivity index (χ0v) is 25.6. The summed E-state index contributed by atoms with van der Waals surface area (Å²) in [5.41, 5.74) is 1.58. The summed E-state index contributed by atoms with van der Waals surface area (Å²) in [6, 6.07) is 18.1. The molecule has 1 atom stereocenters. The van der Waals surface area contributed by atoms with Crippen LogP contribution in [0, 0.1) is 5.92 Å². The Bertz CT molecular complexity index is 1670. The van der Waals surface area contributed by atoms with Crippen LogP contribution in [-0.4, -0.2) is 28.0 Å². The van der Waals surface area contributed by atoms with E-state index in [1.165, 1.54) is 17.7 Å². The van der Waals surface area contributed by atoms with Gasteiger partial charge in [-0.25, -0.2) is 9.78 Å². The van der Waals surface area contributed by atoms with Crippen LogP contribution in [0.4, 0.5) is 13.2 Å². The Hall–Kier alpha value is -4.40. The summed E-state index contributed by atoms with van der Waals surface area (Å²) in [4.78, 5) is 30.1. The maximum atomic E-state index is 13.4. The van der Waals surface area contributed by atoms with Gasteiger partial charge in [0.2, 0.25) is 0 Å². The molecule has 1 aromatic heterocycles. The Morgan fingerprint density at radius 1 is 0.911 bits per heavy atom. The Balaban J connectivity index is 1.39. The molecule has 0 spiro atoms. The Kier molecular flexibility index (Phi) is 9.18. The predicted octanol–water partition coefficient (Wildman–Crippen LogP) is 8.50. The van der Waals surface area contributed by atoms with E-state index in [9.17, 15) is 27.9 Å². The molecule has 0 saturated heterocycles. The predicted molar refractivity (Wildman–Crippen MR) is 167 cm³/mol. The number of carbonyl (C=O) groups is 2. The van der Waals surface area contributed by atoms with Crippen molar-refractivity contribution in [2.75, 3.05) is 0 Å². The number of carbonyl (C=O) groups excluding carboxylic acids is 1. The highest BCUT2D eigenvalue weighted by Crippen LogP contribution is 2.34. The SMILES string of the molecule is CC(C)(C)c1ccc(Oc2ccc3cc(C(=O)N[C@@H](Cc4ccc(C(F)(F)F)cc4)C(=O)O)nc(CC4CCCC4)c3c2)cc1. The molecule has 1 saturated carbocycles. The Morgan fingerprint density at radius 2 is 1.53 bits per heavy atom. The van der Waals surface area contributed by atoms with E-state index < -0.39 is 29.7 Å². The third-order valence-electron chi connectivity index (χ3n) is 8.35. The van der Waals surface area contributed by atoms with Gasteiger partial charge in [-0.3, -0.25) is 4.79 Å². The summed E-state index contributed by atoms with van der Waals surface area (Å²) in [5, 5.41) is 14.0. The topological polar surface area (TPSA) is 88.5 Å². The summed E-state index contributed by atoms with van der Waals surface area (Å²) < 4.78 is 45.0. The fourth-order valence-corrected chi connectivity index (χ4v) is 5.78. The highest BCUT2D eigenvalue weighted by atomic mass is 19.4. The van der Waals surface area contributed by atoms with E-state index in [1.807, 2.05) is 30.3 Å². The lowest BCUT2D eigenvalue weighted by Gasteiger charge is -2.19. The minimum atomic E-state index is -4.50. The van der Waals surface area contributed by atoms with Crippen molar-refractivity contribution in [3.8, 4) is 11.5 Å². The van der Waals surface area contributed by atoms with Crippen LogP contribution in [0.2, 0.25) is 0 Å². The molecule has 236 valence electrons. The van der Waals surface area contributed by atoms with E-state index in [0.29, 0.717) is 29.4 Å². The highest BCUT2D eigenvalue weighted by Gasteiger charge is 2.30. The van der Waals surface area contributed by atoms with Crippen molar-refractivity contribution in [2.45, 2.75) is 76.9 Å². The van der Waals surface area contributed by atoms with Gasteiger partial charge in [0, 0.05) is 17.5 Å². The molecule has 1 heterocycles. The largest absolute Gasteiger partial charge is 0.480 e. The van der Waals surface area contributed by atoms with Crippen LogP contribution < -0.4 is 10.1 Å². The molecule has 0 aliphatic heterocycles. The molecule has 1 aliphatic carbocycles. The molecule has 0 bridgehead atoms. The zero-order chi connectivity index (χ0) is 32.4. The third-order valence-corrected chi connectivity index (χ3v) is 8.35. The van der Waals surface area contributed by atoms with Gasteiger partial charge in [-0.05, 0) is 76.7 Å². The average molecular weight is 619 g/mol. The summed E-state index contributed by atoms with van der Waals surface area (Å²) in [5.74, 6) is -0.188. The number of halogens is 3. The van der Waals surface area contributed by atoms with Gasteiger partial charge in [-0.1, -0.05) is 76.8 Å². The van der Waals surface area contributed by atoms with Crippen molar-refractivity contribution in [3.05, 3.63) is 101 Å². The number of nitrogens with one attached hydrogen (secondary N) is 1. The molecule has 1 aliphatic rings. The van der Waals surface area contributed by atoms with Crippen molar-refractivity contribution in [2.24, 2.45) is 5.92 Å². The molecule has 1 amide bonds. The van der Waals surface area contributed by atoms with Crippen molar-refractivity contribution in [3.63, 3.8) is 0 Å². The summed E-state index contributed by atoms with van der Waals surface area (Å²) in [7, 11) is 0. The normalized spacial score (nSPS) is 14.8. The van der Waals surface area contributed by atoms with E-state index in [-0.39, 0.29) is 17.5 Å². The highest BCUT2D eigenvalue weighted by molar-refractivity contribution is 5.99. The number of alkyl halides is 3. The van der Waals surface area contributed by atoms with Gasteiger partial charge in [-0.15, -0.1) is 0 Å². The number of carboxylic acids is 1. The van der Waals surface area contributed by atoms with Gasteiger partial charge in [0.15, 0.2) is 0 Å². The second-order valence-electron chi connectivity index (χ2n) is 12.8. The standard InChI is InChI=1S/C36H37F3N2O4/c1-35(2,3)25-13-16-27(17-14-25)45-28-15-10-24-20-31(40-30(29(24)21-28)18-22-6-4-5-7-22)33(42)41-32(34(43)44)19-23-8-11-26(12-9-23)36(37,38)39/h8-17,20-22,32H,4-7,18-19H2,1-3H3,(H,41,42)(H,43,44)/t32-/m0/s1. The number of aliphatic carboxylic acids is 1. The van der Waals surface area contributed by atoms with E-state index in [0.717, 1.165) is 54.3 Å². The summed E-state index contributed by atoms with van der Waals surface area (Å²) in [6.07, 6.45) is 0.433. The molecule has 9 heteroatoms. The first-order valence-corrected chi connectivity index (χ1v) is 15.2. The number of pyridine rings is 1. The fourth-order valence-electron chi connectivity index (χ4n) is 5.78. The first-order valence-electron chi connectivity index (χ1n) is 15.2. The molecule has 4 aromatic rings. The van der Waals surface area contributed by atoms with Crippen LogP contribution >= 0.6 is 0 Å². The van der Waals surface area contributed by atoms with Gasteiger partial charge < -0.3 is 15.2 Å². The number of nitrogens with zero attached hydrogens (tertiary/aromatic N) is 1. The number of fused-ring (bicyclic) bond motifs is 1. The van der Waals surface area contributed by atoms with E-state index in [4.69, 9.17) is 9.72 Å². The number of benzene rings is 3. The number of ether oxygens (including phenoxy) is 1. The minimum Gasteiger partial charge on any atom is -0.480 e. The molecule has 3 aromatic carbocycles. The number of amides is 1. The monoisotopic (exact) mass is 618 g/mol. The average Bonchev–Trinajstić information content (AvgIpc) is 3.49. The molecule has 1 fully saturated rings. The van der Waals surface area contributed by atoms with Crippen LogP contribution in [0.15, 0.2) is 72.8 Å². The molecule has 45 heavy (non-hydrogen) atoms. The molecular weight excluding hydrogens is 581 g/mol. The van der Waals surface area contributed by atoms with Crippen LogP contribution in [0.1, 0.15) is 79.3 Å². The van der Waals surface area contributed by atoms with Crippen molar-refractivity contribution < 1.29 is 32.6 Å². The molecule has 0 unspecified atom stereocenters. The van der Waals surface area contributed by atoms with Crippen LogP contribution in [0.25, 0.3) is 10.8 Å². The molecule has 5 rings (SSSR count). The van der Waals surface area contributed by atoms with Gasteiger partial charge >= 0.3 is 12.1 Å². The van der Waals surface area contributed by atoms with Gasteiger partial charge in [0.25, 0.3) is 5.91 Å². The number of aromatic nitrogens is 1.